The number of nitrogens with zero attached hydrogens (tertiary/aromatic N) is 3. The Morgan fingerprint density at radius 2 is 1.67 bits per heavy atom. The number of carbonyl (C=O) groups is 1. The Morgan fingerprint density at radius 3 is 2.27 bits per heavy atom. The molecule has 30 heavy (non-hydrogen) atoms. The number of sulfonamides is 1. The van der Waals surface area contributed by atoms with E-state index in [0.29, 0.717) is 32.1 Å². The van der Waals surface area contributed by atoms with Crippen molar-refractivity contribution in [1.82, 2.24) is 19.4 Å². The number of nitrogens with one attached hydrogen (secondary N) is 1. The van der Waals surface area contributed by atoms with E-state index < -0.39 is 10.0 Å². The summed E-state index contributed by atoms with van der Waals surface area (Å²) in [5.74, 6) is 0.226. The Morgan fingerprint density at radius 1 is 1.03 bits per heavy atom. The Kier molecular flexibility index (Phi) is 8.27. The Bertz CT molecular complexity index is 783. The van der Waals surface area contributed by atoms with Crippen LogP contribution >= 0.6 is 0 Å². The zero-order valence-electron chi connectivity index (χ0n) is 18.3. The number of amides is 1. The van der Waals surface area contributed by atoms with Crippen molar-refractivity contribution in [3.05, 3.63) is 29.8 Å². The lowest BCUT2D eigenvalue weighted by Gasteiger charge is -2.32. The van der Waals surface area contributed by atoms with Gasteiger partial charge in [0.1, 0.15) is 0 Å². The summed E-state index contributed by atoms with van der Waals surface area (Å²) in [5.41, 5.74) is 1.10. The summed E-state index contributed by atoms with van der Waals surface area (Å²) in [6.45, 7) is 9.84. The van der Waals surface area contributed by atoms with Gasteiger partial charge >= 0.3 is 0 Å². The van der Waals surface area contributed by atoms with Crippen LogP contribution < -0.4 is 5.32 Å². The molecule has 0 atom stereocenters. The van der Waals surface area contributed by atoms with Gasteiger partial charge in [0.15, 0.2) is 0 Å². The van der Waals surface area contributed by atoms with E-state index in [2.05, 4.69) is 24.1 Å². The highest BCUT2D eigenvalue weighted by Gasteiger charge is 2.29. The molecular weight excluding hydrogens is 400 g/mol. The smallest absolute Gasteiger partial charge is 0.243 e. The summed E-state index contributed by atoms with van der Waals surface area (Å²) in [5, 5.41) is 3.23. The SMILES string of the molecule is CC(C)c1ccc(S(=O)(=O)N(CCN2CCCCC2)CC(=O)N2CCNCC2)cc1. The third-order valence-corrected chi connectivity index (χ3v) is 7.94. The van der Waals surface area contributed by atoms with Gasteiger partial charge in [-0.25, -0.2) is 8.42 Å². The van der Waals surface area contributed by atoms with Gasteiger partial charge in [0.25, 0.3) is 0 Å². The van der Waals surface area contributed by atoms with Gasteiger partial charge in [-0.1, -0.05) is 32.4 Å². The highest BCUT2D eigenvalue weighted by Crippen LogP contribution is 2.21. The van der Waals surface area contributed by atoms with Gasteiger partial charge in [-0.3, -0.25) is 4.79 Å². The lowest BCUT2D eigenvalue weighted by molar-refractivity contribution is -0.132. The molecule has 2 aliphatic heterocycles. The van der Waals surface area contributed by atoms with Crippen LogP contribution in [0.25, 0.3) is 0 Å². The minimum Gasteiger partial charge on any atom is -0.339 e. The first kappa shape index (κ1) is 23.2. The van der Waals surface area contributed by atoms with Gasteiger partial charge < -0.3 is 15.1 Å². The van der Waals surface area contributed by atoms with Crippen molar-refractivity contribution in [2.24, 2.45) is 0 Å². The van der Waals surface area contributed by atoms with Crippen LogP contribution in [0.5, 0.6) is 0 Å². The van der Waals surface area contributed by atoms with Crippen molar-refractivity contribution >= 4 is 15.9 Å². The summed E-state index contributed by atoms with van der Waals surface area (Å²) in [6, 6.07) is 7.10. The molecule has 8 heteroatoms. The number of rotatable bonds is 8. The number of carbonyl (C=O) groups excluding carboxylic acids is 1. The van der Waals surface area contributed by atoms with Gasteiger partial charge in [0.05, 0.1) is 11.4 Å². The standard InChI is InChI=1S/C22H36N4O3S/c1-19(2)20-6-8-21(9-7-20)30(28,29)26(17-16-24-12-4-3-5-13-24)18-22(27)25-14-10-23-11-15-25/h6-9,19,23H,3-5,10-18H2,1-2H3. The fourth-order valence-corrected chi connectivity index (χ4v) is 5.44. The van der Waals surface area contributed by atoms with E-state index >= 15 is 0 Å². The Hall–Kier alpha value is -1.48. The number of likely N-dealkylation sites (tertiary alicyclic amines) is 1. The average molecular weight is 437 g/mol. The molecule has 3 rings (SSSR count). The molecule has 0 aromatic heterocycles. The van der Waals surface area contributed by atoms with Crippen molar-refractivity contribution < 1.29 is 13.2 Å². The van der Waals surface area contributed by atoms with Gasteiger partial charge in [-0.15, -0.1) is 0 Å². The van der Waals surface area contributed by atoms with Crippen LogP contribution in [0.15, 0.2) is 29.2 Å². The van der Waals surface area contributed by atoms with E-state index in [9.17, 15) is 13.2 Å². The second-order valence-corrected chi connectivity index (χ2v) is 10.5. The molecule has 1 N–H and O–H groups in total. The molecule has 1 amide bonds. The molecule has 1 aromatic carbocycles. The number of hydrogen-bond donors (Lipinski definition) is 1. The van der Waals surface area contributed by atoms with Crippen molar-refractivity contribution in [3.63, 3.8) is 0 Å². The minimum atomic E-state index is -3.73. The van der Waals surface area contributed by atoms with Gasteiger partial charge in [0, 0.05) is 39.3 Å². The van der Waals surface area contributed by atoms with Gasteiger partial charge in [-0.05, 0) is 49.5 Å². The molecule has 168 valence electrons. The zero-order chi connectivity index (χ0) is 21.6. The van der Waals surface area contributed by atoms with Gasteiger partial charge in [-0.2, -0.15) is 4.31 Å². The first-order valence-corrected chi connectivity index (χ1v) is 12.6. The number of hydrogen-bond acceptors (Lipinski definition) is 5. The van der Waals surface area contributed by atoms with Crippen LogP contribution in [-0.4, -0.2) is 87.3 Å². The summed E-state index contributed by atoms with van der Waals surface area (Å²) >= 11 is 0. The van der Waals surface area contributed by atoms with E-state index in [4.69, 9.17) is 0 Å². The molecule has 2 heterocycles. The van der Waals surface area contributed by atoms with Crippen LogP contribution in [-0.2, 0) is 14.8 Å². The predicted octanol–water partition coefficient (Wildman–Crippen LogP) is 1.72. The molecule has 2 fully saturated rings. The van der Waals surface area contributed by atoms with Crippen LogP contribution in [0, 0.1) is 0 Å². The van der Waals surface area contributed by atoms with E-state index in [-0.39, 0.29) is 17.3 Å². The first-order valence-electron chi connectivity index (χ1n) is 11.2. The lowest BCUT2D eigenvalue weighted by Crippen LogP contribution is -2.51. The van der Waals surface area contributed by atoms with Crippen molar-refractivity contribution in [2.75, 3.05) is 58.9 Å². The van der Waals surface area contributed by atoms with E-state index in [1.807, 2.05) is 12.1 Å². The quantitative estimate of drug-likeness (QED) is 0.672. The molecule has 0 radical (unpaired) electrons. The zero-order valence-corrected chi connectivity index (χ0v) is 19.2. The molecule has 0 spiro atoms. The topological polar surface area (TPSA) is 73.0 Å². The van der Waals surface area contributed by atoms with E-state index in [0.717, 1.165) is 44.6 Å². The normalized spacial score (nSPS) is 18.9. The molecule has 0 unspecified atom stereocenters. The summed E-state index contributed by atoms with van der Waals surface area (Å²) < 4.78 is 28.2. The maximum atomic E-state index is 13.4. The number of benzene rings is 1. The molecule has 0 bridgehead atoms. The van der Waals surface area contributed by atoms with E-state index in [1.165, 1.54) is 10.7 Å². The minimum absolute atomic E-state index is 0.0951. The highest BCUT2D eigenvalue weighted by molar-refractivity contribution is 7.89. The average Bonchev–Trinajstić information content (AvgIpc) is 2.77. The summed E-state index contributed by atoms with van der Waals surface area (Å²) in [4.78, 5) is 17.2. The van der Waals surface area contributed by atoms with Crippen LogP contribution in [0.2, 0.25) is 0 Å². The predicted molar refractivity (Wildman–Crippen MR) is 119 cm³/mol. The van der Waals surface area contributed by atoms with Crippen LogP contribution in [0.4, 0.5) is 0 Å². The lowest BCUT2D eigenvalue weighted by atomic mass is 10.0. The first-order chi connectivity index (χ1) is 14.4. The summed E-state index contributed by atoms with van der Waals surface area (Å²) in [6.07, 6.45) is 3.55. The van der Waals surface area contributed by atoms with Crippen molar-refractivity contribution in [2.45, 2.75) is 43.9 Å². The Balaban J connectivity index is 1.75. The molecule has 7 nitrogen and oxygen atoms in total. The third-order valence-electron chi connectivity index (χ3n) is 6.08. The number of piperazine rings is 1. The molecule has 0 saturated carbocycles. The monoisotopic (exact) mass is 436 g/mol. The fourth-order valence-electron chi connectivity index (χ4n) is 4.06. The highest BCUT2D eigenvalue weighted by atomic mass is 32.2. The Labute approximate surface area is 181 Å². The molecular formula is C22H36N4O3S. The number of piperidine rings is 1. The van der Waals surface area contributed by atoms with Crippen molar-refractivity contribution in [3.8, 4) is 0 Å². The maximum Gasteiger partial charge on any atom is 0.243 e. The summed E-state index contributed by atoms with van der Waals surface area (Å²) in [7, 11) is -3.73. The molecule has 2 aliphatic rings. The van der Waals surface area contributed by atoms with Gasteiger partial charge in [0.2, 0.25) is 15.9 Å². The largest absolute Gasteiger partial charge is 0.339 e. The second kappa shape index (κ2) is 10.7. The maximum absolute atomic E-state index is 13.4. The second-order valence-electron chi connectivity index (χ2n) is 8.60. The van der Waals surface area contributed by atoms with E-state index in [1.54, 1.807) is 17.0 Å². The fraction of sp³-hybridized carbons (Fsp3) is 0.682. The molecule has 1 aromatic rings. The third kappa shape index (κ3) is 6.03. The molecule has 0 aliphatic carbocycles. The van der Waals surface area contributed by atoms with Crippen LogP contribution in [0.1, 0.15) is 44.6 Å². The molecule has 2 saturated heterocycles. The van der Waals surface area contributed by atoms with Crippen LogP contribution in [0.3, 0.4) is 0 Å². The van der Waals surface area contributed by atoms with Crippen molar-refractivity contribution in [1.29, 1.82) is 0 Å².